The second-order valence-corrected chi connectivity index (χ2v) is 7.16. The zero-order valence-electron chi connectivity index (χ0n) is 14.6. The number of para-hydroxylation sites is 1. The van der Waals surface area contributed by atoms with Gasteiger partial charge in [-0.25, -0.2) is 0 Å². The van der Waals surface area contributed by atoms with Gasteiger partial charge in [0, 0.05) is 29.0 Å². The summed E-state index contributed by atoms with van der Waals surface area (Å²) in [6, 6.07) is 18.1. The Kier molecular flexibility index (Phi) is 6.61. The minimum Gasteiger partial charge on any atom is -0.326 e. The SMILES string of the molecule is O=C(CCCCc1ccc(Br)cc1)Nc1ccccc1Cn1cccn1. The van der Waals surface area contributed by atoms with Crippen molar-refractivity contribution in [1.29, 1.82) is 0 Å². The minimum absolute atomic E-state index is 0.0636. The number of nitrogens with zero attached hydrogens (tertiary/aromatic N) is 2. The van der Waals surface area contributed by atoms with Gasteiger partial charge in [-0.2, -0.15) is 5.10 Å². The third kappa shape index (κ3) is 5.56. The summed E-state index contributed by atoms with van der Waals surface area (Å²) in [6.45, 7) is 0.646. The molecule has 3 aromatic rings. The van der Waals surface area contributed by atoms with E-state index >= 15 is 0 Å². The number of amides is 1. The Bertz CT molecular complexity index is 829. The fraction of sp³-hybridized carbons (Fsp3) is 0.238. The van der Waals surface area contributed by atoms with Gasteiger partial charge < -0.3 is 5.32 Å². The van der Waals surface area contributed by atoms with Crippen LogP contribution >= 0.6 is 15.9 Å². The number of carbonyl (C=O) groups is 1. The van der Waals surface area contributed by atoms with Crippen molar-refractivity contribution in [2.75, 3.05) is 5.32 Å². The maximum absolute atomic E-state index is 12.3. The number of rotatable bonds is 8. The summed E-state index contributed by atoms with van der Waals surface area (Å²) in [6.07, 6.45) is 7.09. The molecule has 0 aliphatic rings. The van der Waals surface area contributed by atoms with Gasteiger partial charge in [0.25, 0.3) is 0 Å². The molecule has 5 heteroatoms. The Balaban J connectivity index is 1.46. The average molecular weight is 412 g/mol. The predicted molar refractivity (Wildman–Crippen MR) is 108 cm³/mol. The molecular weight excluding hydrogens is 390 g/mol. The summed E-state index contributed by atoms with van der Waals surface area (Å²) in [5, 5.41) is 7.27. The van der Waals surface area contributed by atoms with Crippen molar-refractivity contribution in [3.8, 4) is 0 Å². The molecule has 0 fully saturated rings. The second kappa shape index (κ2) is 9.34. The van der Waals surface area contributed by atoms with Crippen LogP contribution in [0.5, 0.6) is 0 Å². The van der Waals surface area contributed by atoms with E-state index in [4.69, 9.17) is 0 Å². The number of carbonyl (C=O) groups excluding carboxylic acids is 1. The normalized spacial score (nSPS) is 10.7. The van der Waals surface area contributed by atoms with Crippen molar-refractivity contribution in [2.24, 2.45) is 0 Å². The summed E-state index contributed by atoms with van der Waals surface area (Å²) in [5.41, 5.74) is 3.22. The molecule has 0 unspecified atom stereocenters. The first kappa shape index (κ1) is 18.4. The van der Waals surface area contributed by atoms with Crippen LogP contribution in [0.2, 0.25) is 0 Å². The van der Waals surface area contributed by atoms with Crippen molar-refractivity contribution >= 4 is 27.5 Å². The van der Waals surface area contributed by atoms with Crippen LogP contribution < -0.4 is 5.32 Å². The van der Waals surface area contributed by atoms with Gasteiger partial charge in [-0.3, -0.25) is 9.48 Å². The Morgan fingerprint density at radius 2 is 1.85 bits per heavy atom. The van der Waals surface area contributed by atoms with Crippen LogP contribution in [-0.2, 0) is 17.8 Å². The molecule has 2 aromatic carbocycles. The number of unbranched alkanes of at least 4 members (excludes halogenated alkanes) is 1. The number of anilines is 1. The van der Waals surface area contributed by atoms with Crippen LogP contribution in [0.1, 0.15) is 30.4 Å². The Morgan fingerprint density at radius 1 is 1.04 bits per heavy atom. The maximum Gasteiger partial charge on any atom is 0.224 e. The number of halogens is 1. The highest BCUT2D eigenvalue weighted by molar-refractivity contribution is 9.10. The standard InChI is InChI=1S/C21H22BrN3O/c22-19-12-10-17(11-13-19)6-1-4-9-21(26)24-20-8-3-2-7-18(20)16-25-15-5-14-23-25/h2-3,5,7-8,10-15H,1,4,6,9,16H2,(H,24,26). The molecule has 4 nitrogen and oxygen atoms in total. The molecule has 0 saturated heterocycles. The Morgan fingerprint density at radius 3 is 2.62 bits per heavy atom. The van der Waals surface area contributed by atoms with Crippen molar-refractivity contribution in [2.45, 2.75) is 32.2 Å². The van der Waals surface area contributed by atoms with Gasteiger partial charge in [0.2, 0.25) is 5.91 Å². The molecule has 0 spiro atoms. The van der Waals surface area contributed by atoms with Crippen LogP contribution in [0.25, 0.3) is 0 Å². The minimum atomic E-state index is 0.0636. The van der Waals surface area contributed by atoms with Gasteiger partial charge >= 0.3 is 0 Å². The van der Waals surface area contributed by atoms with E-state index in [1.54, 1.807) is 6.20 Å². The summed E-state index contributed by atoms with van der Waals surface area (Å²) < 4.78 is 2.94. The molecule has 0 bridgehead atoms. The lowest BCUT2D eigenvalue weighted by Gasteiger charge is -2.11. The molecule has 134 valence electrons. The van der Waals surface area contributed by atoms with Crippen LogP contribution in [0, 0.1) is 0 Å². The zero-order valence-corrected chi connectivity index (χ0v) is 16.2. The molecule has 0 aliphatic carbocycles. The number of aryl methyl sites for hydroxylation is 1. The van der Waals surface area contributed by atoms with E-state index in [2.05, 4.69) is 50.6 Å². The van der Waals surface area contributed by atoms with Crippen molar-refractivity contribution in [1.82, 2.24) is 9.78 Å². The van der Waals surface area contributed by atoms with Gasteiger partial charge in [-0.15, -0.1) is 0 Å². The molecule has 0 saturated carbocycles. The maximum atomic E-state index is 12.3. The van der Waals surface area contributed by atoms with Crippen LogP contribution in [0.15, 0.2) is 71.5 Å². The lowest BCUT2D eigenvalue weighted by atomic mass is 10.1. The third-order valence-electron chi connectivity index (χ3n) is 4.22. The topological polar surface area (TPSA) is 46.9 Å². The highest BCUT2D eigenvalue weighted by Crippen LogP contribution is 2.17. The average Bonchev–Trinajstić information content (AvgIpc) is 3.15. The predicted octanol–water partition coefficient (Wildman–Crippen LogP) is 5.05. The molecule has 0 radical (unpaired) electrons. The summed E-state index contributed by atoms with van der Waals surface area (Å²) >= 11 is 3.44. The fourth-order valence-electron chi connectivity index (χ4n) is 2.83. The van der Waals surface area contributed by atoms with E-state index in [0.717, 1.165) is 35.0 Å². The summed E-state index contributed by atoms with van der Waals surface area (Å²) in [5.74, 6) is 0.0636. The number of hydrogen-bond donors (Lipinski definition) is 1. The monoisotopic (exact) mass is 411 g/mol. The van der Waals surface area contributed by atoms with E-state index in [0.29, 0.717) is 13.0 Å². The zero-order chi connectivity index (χ0) is 18.2. The first-order chi connectivity index (χ1) is 12.7. The second-order valence-electron chi connectivity index (χ2n) is 6.24. The van der Waals surface area contributed by atoms with Gasteiger partial charge in [-0.05, 0) is 54.7 Å². The lowest BCUT2D eigenvalue weighted by Crippen LogP contribution is -2.14. The molecule has 1 heterocycles. The third-order valence-corrected chi connectivity index (χ3v) is 4.74. The van der Waals surface area contributed by atoms with E-state index in [1.807, 2.05) is 41.2 Å². The first-order valence-electron chi connectivity index (χ1n) is 8.80. The van der Waals surface area contributed by atoms with Gasteiger partial charge in [0.15, 0.2) is 0 Å². The summed E-state index contributed by atoms with van der Waals surface area (Å²) in [7, 11) is 0. The van der Waals surface area contributed by atoms with Gasteiger partial charge in [0.1, 0.15) is 0 Å². The number of aromatic nitrogens is 2. The highest BCUT2D eigenvalue weighted by Gasteiger charge is 2.07. The number of hydrogen-bond acceptors (Lipinski definition) is 2. The summed E-state index contributed by atoms with van der Waals surface area (Å²) in [4.78, 5) is 12.3. The highest BCUT2D eigenvalue weighted by atomic mass is 79.9. The number of benzene rings is 2. The molecule has 26 heavy (non-hydrogen) atoms. The van der Waals surface area contributed by atoms with Crippen LogP contribution in [0.4, 0.5) is 5.69 Å². The molecular formula is C21H22BrN3O. The largest absolute Gasteiger partial charge is 0.326 e. The van der Waals surface area contributed by atoms with Crippen LogP contribution in [-0.4, -0.2) is 15.7 Å². The molecule has 1 N–H and O–H groups in total. The molecule has 3 rings (SSSR count). The van der Waals surface area contributed by atoms with Crippen molar-refractivity contribution < 1.29 is 4.79 Å². The van der Waals surface area contributed by atoms with Crippen molar-refractivity contribution in [3.63, 3.8) is 0 Å². The lowest BCUT2D eigenvalue weighted by molar-refractivity contribution is -0.116. The Hall–Kier alpha value is -2.40. The van der Waals surface area contributed by atoms with E-state index in [1.165, 1.54) is 5.56 Å². The fourth-order valence-corrected chi connectivity index (χ4v) is 3.09. The quantitative estimate of drug-likeness (QED) is 0.527. The number of nitrogens with one attached hydrogen (secondary N) is 1. The van der Waals surface area contributed by atoms with Crippen LogP contribution in [0.3, 0.4) is 0 Å². The molecule has 1 amide bonds. The van der Waals surface area contributed by atoms with E-state index in [-0.39, 0.29) is 5.91 Å². The smallest absolute Gasteiger partial charge is 0.224 e. The molecule has 0 aliphatic heterocycles. The molecule has 1 aromatic heterocycles. The van der Waals surface area contributed by atoms with E-state index in [9.17, 15) is 4.79 Å². The van der Waals surface area contributed by atoms with E-state index < -0.39 is 0 Å². The molecule has 0 atom stereocenters. The Labute approximate surface area is 162 Å². The van der Waals surface area contributed by atoms with Gasteiger partial charge in [0.05, 0.1) is 6.54 Å². The van der Waals surface area contributed by atoms with Gasteiger partial charge in [-0.1, -0.05) is 46.3 Å². The first-order valence-corrected chi connectivity index (χ1v) is 9.59. The van der Waals surface area contributed by atoms with Crippen molar-refractivity contribution in [3.05, 3.63) is 82.6 Å².